The lowest BCUT2D eigenvalue weighted by Crippen LogP contribution is -2.16. The lowest BCUT2D eigenvalue weighted by atomic mass is 10.2. The molecule has 0 unspecified atom stereocenters. The van der Waals surface area contributed by atoms with Gasteiger partial charge in [0.25, 0.3) is 10.0 Å². The Kier molecular flexibility index (Phi) is 5.46. The van der Waals surface area contributed by atoms with Crippen LogP contribution in [-0.4, -0.2) is 32.9 Å². The number of thiophene rings is 1. The zero-order valence-corrected chi connectivity index (χ0v) is 19.1. The van der Waals surface area contributed by atoms with Gasteiger partial charge in [-0.25, -0.2) is 21.5 Å². The fourth-order valence-electron chi connectivity index (χ4n) is 3.05. The van der Waals surface area contributed by atoms with Crippen molar-refractivity contribution in [3.63, 3.8) is 0 Å². The maximum Gasteiger partial charge on any atom is 0.263 e. The summed E-state index contributed by atoms with van der Waals surface area (Å²) in [6, 6.07) is 18.1. The van der Waals surface area contributed by atoms with Crippen molar-refractivity contribution in [2.45, 2.75) is 16.7 Å². The quantitative estimate of drug-likeness (QED) is 0.454. The van der Waals surface area contributed by atoms with E-state index in [9.17, 15) is 16.8 Å². The molecule has 2 heterocycles. The number of hydrogen-bond acceptors (Lipinski definition) is 6. The van der Waals surface area contributed by atoms with E-state index < -0.39 is 19.9 Å². The number of anilines is 1. The van der Waals surface area contributed by atoms with Crippen LogP contribution in [0.15, 0.2) is 81.9 Å². The third kappa shape index (κ3) is 4.41. The van der Waals surface area contributed by atoms with Gasteiger partial charge in [-0.1, -0.05) is 24.3 Å². The maximum atomic E-state index is 13.0. The predicted octanol–water partition coefficient (Wildman–Crippen LogP) is 4.11. The van der Waals surface area contributed by atoms with E-state index in [1.54, 1.807) is 10.7 Å². The molecule has 7 nitrogen and oxygen atoms in total. The Hall–Kier alpha value is -2.95. The fourth-order valence-corrected chi connectivity index (χ4v) is 5.39. The molecule has 0 saturated heterocycles. The van der Waals surface area contributed by atoms with Crippen LogP contribution in [0.2, 0.25) is 0 Å². The molecule has 0 fully saturated rings. The van der Waals surface area contributed by atoms with Crippen LogP contribution in [0.3, 0.4) is 0 Å². The summed E-state index contributed by atoms with van der Waals surface area (Å²) in [7, 11) is -7.40. The van der Waals surface area contributed by atoms with Crippen LogP contribution >= 0.6 is 11.3 Å². The van der Waals surface area contributed by atoms with Crippen LogP contribution in [0.5, 0.6) is 0 Å². The minimum absolute atomic E-state index is 0.0462. The van der Waals surface area contributed by atoms with E-state index in [1.165, 1.54) is 35.6 Å². The zero-order chi connectivity index (χ0) is 22.2. The second-order valence-electron chi connectivity index (χ2n) is 6.94. The Labute approximate surface area is 185 Å². The normalized spacial score (nSPS) is 12.1. The van der Waals surface area contributed by atoms with Gasteiger partial charge in [0.05, 0.1) is 20.4 Å². The summed E-state index contributed by atoms with van der Waals surface area (Å²) >= 11 is 1.51. The minimum atomic E-state index is -3.98. The molecule has 0 amide bonds. The largest absolute Gasteiger partial charge is 0.263 e. The Morgan fingerprint density at radius 3 is 2.19 bits per heavy atom. The molecular weight excluding hydrogens is 454 g/mol. The number of nitrogens with one attached hydrogen (secondary N) is 1. The molecule has 2 aromatic carbocycles. The smallest absolute Gasteiger partial charge is 0.263 e. The molecule has 0 aliphatic heterocycles. The average molecular weight is 474 g/mol. The second kappa shape index (κ2) is 7.95. The molecule has 0 saturated carbocycles. The fraction of sp³-hybridized carbons (Fsp3) is 0.0952. The van der Waals surface area contributed by atoms with E-state index in [4.69, 9.17) is 0 Å². The Morgan fingerprint density at radius 1 is 0.903 bits per heavy atom. The van der Waals surface area contributed by atoms with Gasteiger partial charge in [-0.3, -0.25) is 4.72 Å². The van der Waals surface area contributed by atoms with Crippen molar-refractivity contribution in [1.82, 2.24) is 9.78 Å². The van der Waals surface area contributed by atoms with Crippen molar-refractivity contribution in [2.75, 3.05) is 11.0 Å². The first-order chi connectivity index (χ1) is 14.6. The van der Waals surface area contributed by atoms with Crippen molar-refractivity contribution in [3.8, 4) is 16.3 Å². The molecule has 160 valence electrons. The number of sulfonamides is 1. The first kappa shape index (κ1) is 21.3. The van der Waals surface area contributed by atoms with Crippen molar-refractivity contribution >= 4 is 37.0 Å². The third-order valence-corrected chi connectivity index (χ3v) is 8.02. The van der Waals surface area contributed by atoms with Gasteiger partial charge >= 0.3 is 0 Å². The molecular formula is C21H19N3O4S3. The SMILES string of the molecule is Cc1ccccc1-n1nc(-c2cccs2)cc1NS(=O)(=O)c1ccc(S(C)(=O)=O)cc1. The zero-order valence-electron chi connectivity index (χ0n) is 16.7. The van der Waals surface area contributed by atoms with Gasteiger partial charge in [0.1, 0.15) is 11.5 Å². The molecule has 10 heteroatoms. The number of sulfone groups is 1. The van der Waals surface area contributed by atoms with Crippen LogP contribution in [0.25, 0.3) is 16.3 Å². The van der Waals surface area contributed by atoms with Gasteiger partial charge in [-0.2, -0.15) is 5.10 Å². The molecule has 0 spiro atoms. The maximum absolute atomic E-state index is 13.0. The highest BCUT2D eigenvalue weighted by atomic mass is 32.2. The van der Waals surface area contributed by atoms with Gasteiger partial charge in [0, 0.05) is 12.3 Å². The Morgan fingerprint density at radius 2 is 1.58 bits per heavy atom. The summed E-state index contributed by atoms with van der Waals surface area (Å²) in [5, 5.41) is 6.55. The highest BCUT2D eigenvalue weighted by Gasteiger charge is 2.21. The summed E-state index contributed by atoms with van der Waals surface area (Å²) < 4.78 is 53.5. The molecule has 31 heavy (non-hydrogen) atoms. The predicted molar refractivity (Wildman–Crippen MR) is 122 cm³/mol. The first-order valence-corrected chi connectivity index (χ1v) is 13.4. The summed E-state index contributed by atoms with van der Waals surface area (Å²) in [6.07, 6.45) is 1.07. The summed E-state index contributed by atoms with van der Waals surface area (Å²) in [6.45, 7) is 1.92. The monoisotopic (exact) mass is 473 g/mol. The highest BCUT2D eigenvalue weighted by Crippen LogP contribution is 2.30. The van der Waals surface area contributed by atoms with E-state index in [2.05, 4.69) is 9.82 Å². The van der Waals surface area contributed by atoms with Gasteiger partial charge < -0.3 is 0 Å². The minimum Gasteiger partial charge on any atom is -0.263 e. The molecule has 0 aliphatic carbocycles. The van der Waals surface area contributed by atoms with E-state index in [-0.39, 0.29) is 15.6 Å². The molecule has 0 atom stereocenters. The molecule has 4 aromatic rings. The van der Waals surface area contributed by atoms with Crippen molar-refractivity contribution in [3.05, 3.63) is 77.7 Å². The molecule has 0 radical (unpaired) electrons. The summed E-state index contributed by atoms with van der Waals surface area (Å²) in [4.78, 5) is 0.914. The number of benzene rings is 2. The number of rotatable bonds is 6. The molecule has 4 rings (SSSR count). The number of aromatic nitrogens is 2. The Balaban J connectivity index is 1.77. The standard InChI is InChI=1S/C21H19N3O4S3/c1-15-6-3-4-7-19(15)24-21(14-18(22-24)20-8-5-13-29-20)23-31(27,28)17-11-9-16(10-12-17)30(2,25)26/h3-14,23H,1-2H3. The van der Waals surface area contributed by atoms with E-state index in [1.807, 2.05) is 48.7 Å². The summed E-state index contributed by atoms with van der Waals surface area (Å²) in [5.41, 5.74) is 2.32. The lowest BCUT2D eigenvalue weighted by molar-refractivity contribution is 0.597. The average Bonchev–Trinajstić information content (AvgIpc) is 3.38. The number of para-hydroxylation sites is 1. The van der Waals surface area contributed by atoms with E-state index >= 15 is 0 Å². The topological polar surface area (TPSA) is 98.1 Å². The summed E-state index contributed by atoms with van der Waals surface area (Å²) in [5.74, 6) is 0.282. The van der Waals surface area contributed by atoms with Crippen LogP contribution in [0, 0.1) is 6.92 Å². The van der Waals surface area contributed by atoms with Gasteiger partial charge in [-0.05, 0) is 54.3 Å². The van der Waals surface area contributed by atoms with E-state index in [0.717, 1.165) is 22.4 Å². The number of aryl methyl sites for hydroxylation is 1. The van der Waals surface area contributed by atoms with Gasteiger partial charge in [0.2, 0.25) is 0 Å². The second-order valence-corrected chi connectivity index (χ2v) is 11.6. The van der Waals surface area contributed by atoms with Crippen LogP contribution < -0.4 is 4.72 Å². The van der Waals surface area contributed by atoms with Crippen LogP contribution in [-0.2, 0) is 19.9 Å². The van der Waals surface area contributed by atoms with Crippen LogP contribution in [0.4, 0.5) is 5.82 Å². The Bertz CT molecular complexity index is 1440. The number of nitrogens with zero attached hydrogens (tertiary/aromatic N) is 2. The van der Waals surface area contributed by atoms with E-state index in [0.29, 0.717) is 5.69 Å². The van der Waals surface area contributed by atoms with Gasteiger partial charge in [-0.15, -0.1) is 11.3 Å². The van der Waals surface area contributed by atoms with Gasteiger partial charge in [0.15, 0.2) is 9.84 Å². The molecule has 1 N–H and O–H groups in total. The third-order valence-electron chi connectivity index (χ3n) is 4.63. The van der Waals surface area contributed by atoms with Crippen LogP contribution in [0.1, 0.15) is 5.56 Å². The lowest BCUT2D eigenvalue weighted by Gasteiger charge is -2.12. The number of hydrogen-bond donors (Lipinski definition) is 1. The highest BCUT2D eigenvalue weighted by molar-refractivity contribution is 7.92. The van der Waals surface area contributed by atoms with Crippen molar-refractivity contribution in [2.24, 2.45) is 0 Å². The van der Waals surface area contributed by atoms with Crippen molar-refractivity contribution in [1.29, 1.82) is 0 Å². The molecule has 2 aromatic heterocycles. The first-order valence-electron chi connectivity index (χ1n) is 9.18. The molecule has 0 aliphatic rings. The van der Waals surface area contributed by atoms with Crippen molar-refractivity contribution < 1.29 is 16.8 Å². The molecule has 0 bridgehead atoms.